The zero-order chi connectivity index (χ0) is 28.8. The topological polar surface area (TPSA) is 96.7 Å². The number of urea groups is 1. The van der Waals surface area contributed by atoms with E-state index >= 15 is 0 Å². The Morgan fingerprint density at radius 1 is 0.927 bits per heavy atom. The van der Waals surface area contributed by atoms with Crippen LogP contribution in [0.4, 0.5) is 10.5 Å². The van der Waals surface area contributed by atoms with Crippen LogP contribution in [0.2, 0.25) is 10.0 Å². The van der Waals surface area contributed by atoms with Gasteiger partial charge in [-0.2, -0.15) is 0 Å². The molecule has 10 nitrogen and oxygen atoms in total. The Hall–Kier alpha value is -3.44. The first-order valence-electron chi connectivity index (χ1n) is 13.4. The van der Waals surface area contributed by atoms with Crippen molar-refractivity contribution in [3.05, 3.63) is 75.7 Å². The standard InChI is InChI=1S/C29H32Cl2N4O6/c1-20-2-5-23(41-20)17-35(16-21-3-7-26-27(14-21)40-19-39-26)28(36)18-34(9-8-33-10-12-38-13-11-33)29(37)32-22-4-6-24(30)25(31)15-22/h2-7,14-15H,8-13,16-19H2,1H3,(H,32,37). The molecule has 0 radical (unpaired) electrons. The molecule has 5 rings (SSSR count). The van der Waals surface area contributed by atoms with Crippen LogP contribution in [0.1, 0.15) is 17.1 Å². The molecule has 218 valence electrons. The van der Waals surface area contributed by atoms with Gasteiger partial charge in [-0.15, -0.1) is 0 Å². The fourth-order valence-electron chi connectivity index (χ4n) is 4.63. The van der Waals surface area contributed by atoms with Crippen LogP contribution < -0.4 is 14.8 Å². The lowest BCUT2D eigenvalue weighted by atomic mass is 10.2. The maximum atomic E-state index is 13.8. The molecule has 0 aliphatic carbocycles. The summed E-state index contributed by atoms with van der Waals surface area (Å²) in [6, 6.07) is 13.7. The second-order valence-electron chi connectivity index (χ2n) is 9.88. The van der Waals surface area contributed by atoms with E-state index in [1.165, 1.54) is 4.90 Å². The second kappa shape index (κ2) is 13.5. The predicted octanol–water partition coefficient (Wildman–Crippen LogP) is 5.02. The molecule has 0 bridgehead atoms. The number of halogens is 2. The summed E-state index contributed by atoms with van der Waals surface area (Å²) in [5.41, 5.74) is 1.35. The van der Waals surface area contributed by atoms with Crippen LogP contribution in [0.25, 0.3) is 0 Å². The maximum Gasteiger partial charge on any atom is 0.322 e. The third-order valence-electron chi connectivity index (χ3n) is 6.88. The number of ether oxygens (including phenoxy) is 3. The van der Waals surface area contributed by atoms with Crippen LogP contribution in [0, 0.1) is 6.92 Å². The quantitative estimate of drug-likeness (QED) is 0.348. The minimum absolute atomic E-state index is 0.137. The third kappa shape index (κ3) is 7.85. The molecular weight excluding hydrogens is 571 g/mol. The largest absolute Gasteiger partial charge is 0.464 e. The Labute approximate surface area is 248 Å². The number of carbonyl (C=O) groups excluding carboxylic acids is 2. The van der Waals surface area contributed by atoms with Gasteiger partial charge in [-0.3, -0.25) is 9.69 Å². The summed E-state index contributed by atoms with van der Waals surface area (Å²) in [7, 11) is 0. The highest BCUT2D eigenvalue weighted by molar-refractivity contribution is 6.42. The lowest BCUT2D eigenvalue weighted by Gasteiger charge is -2.31. The number of fused-ring (bicyclic) bond motifs is 1. The molecule has 2 aromatic carbocycles. The second-order valence-corrected chi connectivity index (χ2v) is 10.7. The number of aryl methyl sites for hydroxylation is 1. The van der Waals surface area contributed by atoms with Crippen LogP contribution in [0.5, 0.6) is 11.5 Å². The number of furan rings is 1. The maximum absolute atomic E-state index is 13.8. The van der Waals surface area contributed by atoms with E-state index in [-0.39, 0.29) is 25.8 Å². The van der Waals surface area contributed by atoms with Crippen molar-refractivity contribution >= 4 is 40.8 Å². The number of benzene rings is 2. The molecule has 3 heterocycles. The minimum Gasteiger partial charge on any atom is -0.464 e. The van der Waals surface area contributed by atoms with E-state index in [9.17, 15) is 9.59 Å². The zero-order valence-corrected chi connectivity index (χ0v) is 24.2. The van der Waals surface area contributed by atoms with Gasteiger partial charge in [-0.25, -0.2) is 4.79 Å². The highest BCUT2D eigenvalue weighted by atomic mass is 35.5. The third-order valence-corrected chi connectivity index (χ3v) is 7.62. The molecule has 0 atom stereocenters. The average Bonchev–Trinajstić information content (AvgIpc) is 3.61. The van der Waals surface area contributed by atoms with E-state index < -0.39 is 6.03 Å². The van der Waals surface area contributed by atoms with Gasteiger partial charge in [-0.05, 0) is 55.0 Å². The van der Waals surface area contributed by atoms with Crippen LogP contribution in [-0.4, -0.2) is 79.4 Å². The zero-order valence-electron chi connectivity index (χ0n) is 22.7. The Morgan fingerprint density at radius 2 is 1.73 bits per heavy atom. The molecule has 41 heavy (non-hydrogen) atoms. The van der Waals surface area contributed by atoms with E-state index in [2.05, 4.69) is 10.2 Å². The van der Waals surface area contributed by atoms with Crippen molar-refractivity contribution in [2.75, 3.05) is 58.0 Å². The molecule has 1 saturated heterocycles. The highest BCUT2D eigenvalue weighted by Crippen LogP contribution is 2.33. The number of hydrogen-bond acceptors (Lipinski definition) is 7. The van der Waals surface area contributed by atoms with Crippen LogP contribution in [0.15, 0.2) is 52.9 Å². The van der Waals surface area contributed by atoms with Crippen LogP contribution >= 0.6 is 23.2 Å². The summed E-state index contributed by atoms with van der Waals surface area (Å²) in [6.07, 6.45) is 0. The van der Waals surface area contributed by atoms with Crippen molar-refractivity contribution in [2.24, 2.45) is 0 Å². The van der Waals surface area contributed by atoms with Crippen molar-refractivity contribution in [2.45, 2.75) is 20.0 Å². The lowest BCUT2D eigenvalue weighted by molar-refractivity contribution is -0.133. The first kappa shape index (κ1) is 29.1. The summed E-state index contributed by atoms with van der Waals surface area (Å²) in [5, 5.41) is 3.56. The number of nitrogens with one attached hydrogen (secondary N) is 1. The summed E-state index contributed by atoms with van der Waals surface area (Å²) in [5.74, 6) is 2.47. The first-order valence-corrected chi connectivity index (χ1v) is 14.1. The number of rotatable bonds is 10. The van der Waals surface area contributed by atoms with Crippen molar-refractivity contribution in [1.29, 1.82) is 0 Å². The molecule has 2 aliphatic rings. The summed E-state index contributed by atoms with van der Waals surface area (Å²) >= 11 is 12.2. The number of hydrogen-bond donors (Lipinski definition) is 1. The van der Waals surface area contributed by atoms with Gasteiger partial charge in [-0.1, -0.05) is 29.3 Å². The van der Waals surface area contributed by atoms with Crippen molar-refractivity contribution in [1.82, 2.24) is 14.7 Å². The molecule has 0 saturated carbocycles. The molecular formula is C29H32Cl2N4O6. The number of carbonyl (C=O) groups is 2. The van der Waals surface area contributed by atoms with Crippen LogP contribution in [0.3, 0.4) is 0 Å². The number of amides is 3. The van der Waals surface area contributed by atoms with Gasteiger partial charge in [0.25, 0.3) is 0 Å². The van der Waals surface area contributed by atoms with Gasteiger partial charge in [0.2, 0.25) is 12.7 Å². The monoisotopic (exact) mass is 602 g/mol. The average molecular weight is 604 g/mol. The predicted molar refractivity (Wildman–Crippen MR) is 155 cm³/mol. The Balaban J connectivity index is 1.33. The number of nitrogens with zero attached hydrogens (tertiary/aromatic N) is 3. The molecule has 1 fully saturated rings. The molecule has 2 aliphatic heterocycles. The number of anilines is 1. The minimum atomic E-state index is -0.415. The van der Waals surface area contributed by atoms with E-state index in [1.54, 1.807) is 23.1 Å². The van der Waals surface area contributed by atoms with E-state index in [1.807, 2.05) is 37.3 Å². The van der Waals surface area contributed by atoms with E-state index in [0.717, 1.165) is 24.4 Å². The smallest absolute Gasteiger partial charge is 0.322 e. The van der Waals surface area contributed by atoms with Crippen molar-refractivity contribution in [3.8, 4) is 11.5 Å². The first-order chi connectivity index (χ1) is 19.8. The molecule has 1 N–H and O–H groups in total. The van der Waals surface area contributed by atoms with Gasteiger partial charge in [0, 0.05) is 38.4 Å². The Bertz CT molecular complexity index is 1380. The van der Waals surface area contributed by atoms with E-state index in [4.69, 9.17) is 41.8 Å². The van der Waals surface area contributed by atoms with Gasteiger partial charge in [0.1, 0.15) is 18.1 Å². The normalized spacial score (nSPS) is 14.6. The molecule has 0 unspecified atom stereocenters. The van der Waals surface area contributed by atoms with Gasteiger partial charge >= 0.3 is 6.03 Å². The fraction of sp³-hybridized carbons (Fsp3) is 0.379. The van der Waals surface area contributed by atoms with Gasteiger partial charge in [0.05, 0.1) is 29.8 Å². The fourth-order valence-corrected chi connectivity index (χ4v) is 4.93. The lowest BCUT2D eigenvalue weighted by Crippen LogP contribution is -2.48. The number of morpholine rings is 1. The Kier molecular flexibility index (Phi) is 9.56. The molecule has 0 spiro atoms. The summed E-state index contributed by atoms with van der Waals surface area (Å²) < 4.78 is 22.2. The highest BCUT2D eigenvalue weighted by Gasteiger charge is 2.25. The van der Waals surface area contributed by atoms with Gasteiger partial charge in [0.15, 0.2) is 11.5 Å². The molecule has 3 aromatic rings. The van der Waals surface area contributed by atoms with Gasteiger partial charge < -0.3 is 33.7 Å². The molecule has 3 amide bonds. The summed E-state index contributed by atoms with van der Waals surface area (Å²) in [6.45, 7) is 6.18. The summed E-state index contributed by atoms with van der Waals surface area (Å²) in [4.78, 5) is 32.7. The van der Waals surface area contributed by atoms with E-state index in [0.29, 0.717) is 65.8 Å². The SMILES string of the molecule is Cc1ccc(CN(Cc2ccc3c(c2)OCO3)C(=O)CN(CCN2CCOCC2)C(=O)Nc2ccc(Cl)c(Cl)c2)o1. The van der Waals surface area contributed by atoms with Crippen molar-refractivity contribution < 1.29 is 28.2 Å². The molecule has 12 heteroatoms. The molecule has 1 aromatic heterocycles. The van der Waals surface area contributed by atoms with Crippen molar-refractivity contribution in [3.63, 3.8) is 0 Å². The van der Waals surface area contributed by atoms with Crippen LogP contribution in [-0.2, 0) is 22.6 Å². The Morgan fingerprint density at radius 3 is 2.49 bits per heavy atom.